The molecule has 0 aliphatic heterocycles. The Morgan fingerprint density at radius 2 is 1.85 bits per heavy atom. The third-order valence-corrected chi connectivity index (χ3v) is 1.63. The van der Waals surface area contributed by atoms with Gasteiger partial charge in [-0.3, -0.25) is 0 Å². The van der Waals surface area contributed by atoms with Crippen molar-refractivity contribution in [2.24, 2.45) is 5.14 Å². The Hall–Kier alpha value is -1.33. The Morgan fingerprint density at radius 3 is 2.38 bits per heavy atom. The number of nitrogens with two attached hydrogens (primary N) is 1. The van der Waals surface area contributed by atoms with Crippen molar-refractivity contribution in [2.45, 2.75) is 0 Å². The minimum Gasteiger partial charge on any atom is -0.379 e. The number of benzene rings is 1. The van der Waals surface area contributed by atoms with Crippen molar-refractivity contribution in [2.75, 3.05) is 0 Å². The van der Waals surface area contributed by atoms with Crippen LogP contribution in [-0.2, 0) is 14.5 Å². The molecule has 1 rings (SSSR count). The molecule has 0 amide bonds. The van der Waals surface area contributed by atoms with Crippen LogP contribution in [0.15, 0.2) is 36.6 Å². The smallest absolute Gasteiger partial charge is 0.379 e. The van der Waals surface area contributed by atoms with E-state index in [9.17, 15) is 8.42 Å². The van der Waals surface area contributed by atoms with Gasteiger partial charge >= 0.3 is 10.3 Å². The van der Waals surface area contributed by atoms with Gasteiger partial charge in [0.15, 0.2) is 0 Å². The van der Waals surface area contributed by atoms with Crippen molar-refractivity contribution in [3.8, 4) is 0 Å². The quantitative estimate of drug-likeness (QED) is 0.734. The third kappa shape index (κ3) is 4.29. The third-order valence-electron chi connectivity index (χ3n) is 1.25. The molecule has 0 atom stereocenters. The maximum atomic E-state index is 10.3. The fourth-order valence-corrected chi connectivity index (χ4v) is 0.958. The van der Waals surface area contributed by atoms with E-state index in [4.69, 9.17) is 0 Å². The summed E-state index contributed by atoms with van der Waals surface area (Å²) in [6.07, 6.45) is 2.54. The van der Waals surface area contributed by atoms with Gasteiger partial charge in [-0.15, -0.1) is 0 Å². The van der Waals surface area contributed by atoms with Crippen LogP contribution in [0.5, 0.6) is 0 Å². The summed E-state index contributed by atoms with van der Waals surface area (Å²) in [7, 11) is -3.88. The molecule has 0 spiro atoms. The molecule has 0 bridgehead atoms. The van der Waals surface area contributed by atoms with Gasteiger partial charge in [-0.25, -0.2) is 0 Å². The van der Waals surface area contributed by atoms with Crippen LogP contribution < -0.4 is 5.14 Å². The van der Waals surface area contributed by atoms with E-state index in [1.165, 1.54) is 6.08 Å². The van der Waals surface area contributed by atoms with Crippen LogP contribution in [0.3, 0.4) is 0 Å². The molecule has 5 heteroatoms. The van der Waals surface area contributed by atoms with E-state index < -0.39 is 10.3 Å². The predicted octanol–water partition coefficient (Wildman–Crippen LogP) is 0.877. The van der Waals surface area contributed by atoms with E-state index in [1.807, 2.05) is 30.3 Å². The summed E-state index contributed by atoms with van der Waals surface area (Å²) in [4.78, 5) is 0. The Labute approximate surface area is 76.9 Å². The average Bonchev–Trinajstić information content (AvgIpc) is 2.04. The van der Waals surface area contributed by atoms with Crippen molar-refractivity contribution in [3.63, 3.8) is 0 Å². The van der Waals surface area contributed by atoms with Crippen molar-refractivity contribution in [1.82, 2.24) is 0 Å². The molecule has 0 radical (unpaired) electrons. The lowest BCUT2D eigenvalue weighted by molar-refractivity contribution is 0.447. The lowest BCUT2D eigenvalue weighted by Crippen LogP contribution is -2.12. The zero-order valence-corrected chi connectivity index (χ0v) is 7.57. The zero-order valence-electron chi connectivity index (χ0n) is 6.75. The Bertz CT molecular complexity index is 383. The Kier molecular flexibility index (Phi) is 3.05. The predicted molar refractivity (Wildman–Crippen MR) is 49.7 cm³/mol. The molecule has 0 unspecified atom stereocenters. The van der Waals surface area contributed by atoms with Gasteiger partial charge in [-0.1, -0.05) is 30.3 Å². The summed E-state index contributed by atoms with van der Waals surface area (Å²) >= 11 is 0. The SMILES string of the molecule is NS(=O)(=O)OC=Cc1ccccc1. The van der Waals surface area contributed by atoms with Gasteiger partial charge in [-0.05, 0) is 11.6 Å². The maximum Gasteiger partial charge on any atom is 0.379 e. The van der Waals surface area contributed by atoms with Crippen LogP contribution in [0.25, 0.3) is 6.08 Å². The fraction of sp³-hybridized carbons (Fsp3) is 0. The van der Waals surface area contributed by atoms with Gasteiger partial charge in [-0.2, -0.15) is 13.6 Å². The Balaban J connectivity index is 2.61. The van der Waals surface area contributed by atoms with Crippen LogP contribution in [-0.4, -0.2) is 8.42 Å². The van der Waals surface area contributed by atoms with E-state index in [2.05, 4.69) is 9.32 Å². The molecule has 0 heterocycles. The molecular weight excluding hydrogens is 190 g/mol. The van der Waals surface area contributed by atoms with Crippen LogP contribution in [0.2, 0.25) is 0 Å². The monoisotopic (exact) mass is 199 g/mol. The number of rotatable bonds is 3. The summed E-state index contributed by atoms with van der Waals surface area (Å²) in [6, 6.07) is 9.14. The molecule has 0 aliphatic rings. The fourth-order valence-electron chi connectivity index (χ4n) is 0.748. The summed E-state index contributed by atoms with van der Waals surface area (Å²) in [5, 5.41) is 4.60. The first-order chi connectivity index (χ1) is 6.08. The molecular formula is C8H9NO3S. The molecule has 70 valence electrons. The van der Waals surface area contributed by atoms with E-state index in [0.29, 0.717) is 0 Å². The summed E-state index contributed by atoms with van der Waals surface area (Å²) in [6.45, 7) is 0. The van der Waals surface area contributed by atoms with Crippen LogP contribution >= 0.6 is 0 Å². The highest BCUT2D eigenvalue weighted by atomic mass is 32.2. The van der Waals surface area contributed by atoms with Gasteiger partial charge < -0.3 is 4.18 Å². The molecule has 0 aliphatic carbocycles. The normalized spacial score (nSPS) is 11.8. The highest BCUT2D eigenvalue weighted by Gasteiger charge is 1.95. The molecule has 4 nitrogen and oxygen atoms in total. The lowest BCUT2D eigenvalue weighted by atomic mass is 10.2. The second-order valence-corrected chi connectivity index (χ2v) is 3.48. The van der Waals surface area contributed by atoms with E-state index >= 15 is 0 Å². The molecule has 13 heavy (non-hydrogen) atoms. The minimum atomic E-state index is -3.88. The van der Waals surface area contributed by atoms with Crippen molar-refractivity contribution in [1.29, 1.82) is 0 Å². The standard InChI is InChI=1S/C8H9NO3S/c9-13(10,11)12-7-6-8-4-2-1-3-5-8/h1-7H,(H2,9,10,11). The van der Waals surface area contributed by atoms with Gasteiger partial charge in [0.1, 0.15) is 6.26 Å². The summed E-state index contributed by atoms with van der Waals surface area (Å²) in [5.41, 5.74) is 0.839. The van der Waals surface area contributed by atoms with Gasteiger partial charge in [0, 0.05) is 0 Å². The molecule has 0 saturated heterocycles. The van der Waals surface area contributed by atoms with Crippen molar-refractivity contribution >= 4 is 16.4 Å². The number of hydrogen-bond acceptors (Lipinski definition) is 3. The van der Waals surface area contributed by atoms with E-state index in [-0.39, 0.29) is 0 Å². The highest BCUT2D eigenvalue weighted by molar-refractivity contribution is 7.84. The van der Waals surface area contributed by atoms with Gasteiger partial charge in [0.05, 0.1) is 0 Å². The molecule has 1 aromatic rings. The van der Waals surface area contributed by atoms with Crippen molar-refractivity contribution in [3.05, 3.63) is 42.2 Å². The van der Waals surface area contributed by atoms with Crippen LogP contribution in [0.4, 0.5) is 0 Å². The first-order valence-corrected chi connectivity index (χ1v) is 4.98. The zero-order chi connectivity index (χ0) is 9.73. The van der Waals surface area contributed by atoms with Crippen molar-refractivity contribution < 1.29 is 12.6 Å². The first-order valence-electron chi connectivity index (χ1n) is 3.50. The average molecular weight is 199 g/mol. The second-order valence-electron chi connectivity index (χ2n) is 2.30. The van der Waals surface area contributed by atoms with Gasteiger partial charge in [0.2, 0.25) is 0 Å². The van der Waals surface area contributed by atoms with Gasteiger partial charge in [0.25, 0.3) is 0 Å². The largest absolute Gasteiger partial charge is 0.379 e. The highest BCUT2D eigenvalue weighted by Crippen LogP contribution is 2.01. The molecule has 2 N–H and O–H groups in total. The first kappa shape index (κ1) is 9.76. The molecule has 1 aromatic carbocycles. The maximum absolute atomic E-state index is 10.3. The Morgan fingerprint density at radius 1 is 1.23 bits per heavy atom. The summed E-state index contributed by atoms with van der Waals surface area (Å²) in [5.74, 6) is 0. The van der Waals surface area contributed by atoms with E-state index in [0.717, 1.165) is 11.8 Å². The minimum absolute atomic E-state index is 0.839. The topological polar surface area (TPSA) is 69.4 Å². The molecule has 0 aromatic heterocycles. The number of hydrogen-bond donors (Lipinski definition) is 1. The summed E-state index contributed by atoms with van der Waals surface area (Å²) < 4.78 is 24.9. The van der Waals surface area contributed by atoms with E-state index in [1.54, 1.807) is 0 Å². The lowest BCUT2D eigenvalue weighted by Gasteiger charge is -1.93. The molecule has 0 saturated carbocycles. The van der Waals surface area contributed by atoms with Crippen LogP contribution in [0.1, 0.15) is 5.56 Å². The molecule has 0 fully saturated rings. The second kappa shape index (κ2) is 4.06. The van der Waals surface area contributed by atoms with Crippen LogP contribution in [0, 0.1) is 0 Å².